The number of benzene rings is 2. The quantitative estimate of drug-likeness (QED) is 0.655. The van der Waals surface area contributed by atoms with Gasteiger partial charge in [-0.05, 0) is 69.0 Å². The van der Waals surface area contributed by atoms with Crippen LogP contribution in [-0.2, 0) is 0 Å². The smallest absolute Gasteiger partial charge is 0.259 e. The average Bonchev–Trinajstić information content (AvgIpc) is 2.69. The fraction of sp³-hybridized carbons (Fsp3) is 0.391. The van der Waals surface area contributed by atoms with Gasteiger partial charge in [-0.1, -0.05) is 28.9 Å². The number of carbonyl (C=O) groups excluding carboxylic acids is 2. The van der Waals surface area contributed by atoms with Crippen LogP contribution in [0.15, 0.2) is 46.9 Å². The Bertz CT molecular complexity index is 889. The normalized spacial score (nSPS) is 14.7. The molecule has 0 atom stereocenters. The largest absolute Gasteiger partial charge is 0.490 e. The molecule has 2 aromatic rings. The number of halogens is 1. The van der Waals surface area contributed by atoms with Gasteiger partial charge in [-0.25, -0.2) is 0 Å². The van der Waals surface area contributed by atoms with E-state index in [9.17, 15) is 9.59 Å². The summed E-state index contributed by atoms with van der Waals surface area (Å²) in [5.74, 6) is 0.921. The summed E-state index contributed by atoms with van der Waals surface area (Å²) in [7, 11) is 0. The van der Waals surface area contributed by atoms with E-state index in [0.717, 1.165) is 30.4 Å². The highest BCUT2D eigenvalue weighted by Gasteiger charge is 2.22. The summed E-state index contributed by atoms with van der Waals surface area (Å²) in [4.78, 5) is 27.6. The second kappa shape index (κ2) is 9.44. The molecular formula is C23H27BrN2O3. The fourth-order valence-corrected chi connectivity index (χ4v) is 3.72. The fourth-order valence-electron chi connectivity index (χ4n) is 3.36. The van der Waals surface area contributed by atoms with Crippen molar-refractivity contribution in [2.45, 2.75) is 39.7 Å². The van der Waals surface area contributed by atoms with Gasteiger partial charge in [-0.15, -0.1) is 0 Å². The van der Waals surface area contributed by atoms with Crippen molar-refractivity contribution < 1.29 is 14.3 Å². The zero-order chi connectivity index (χ0) is 21.0. The van der Waals surface area contributed by atoms with Crippen LogP contribution in [0.1, 0.15) is 54.3 Å². The molecule has 0 radical (unpaired) electrons. The van der Waals surface area contributed by atoms with Crippen molar-refractivity contribution in [2.24, 2.45) is 5.92 Å². The molecule has 0 aromatic heterocycles. The van der Waals surface area contributed by atoms with E-state index >= 15 is 0 Å². The minimum absolute atomic E-state index is 0.0132. The van der Waals surface area contributed by atoms with Crippen molar-refractivity contribution in [3.63, 3.8) is 0 Å². The first-order chi connectivity index (χ1) is 13.8. The molecule has 2 amide bonds. The maximum absolute atomic E-state index is 12.9. The summed E-state index contributed by atoms with van der Waals surface area (Å²) < 4.78 is 6.56. The maximum Gasteiger partial charge on any atom is 0.259 e. The Labute approximate surface area is 180 Å². The van der Waals surface area contributed by atoms with E-state index in [2.05, 4.69) is 28.2 Å². The summed E-state index contributed by atoms with van der Waals surface area (Å²) in [5, 5.41) is 2.89. The van der Waals surface area contributed by atoms with Crippen molar-refractivity contribution in [2.75, 3.05) is 18.4 Å². The van der Waals surface area contributed by atoms with Crippen molar-refractivity contribution >= 4 is 33.4 Å². The van der Waals surface area contributed by atoms with Crippen LogP contribution in [0.2, 0.25) is 0 Å². The highest BCUT2D eigenvalue weighted by atomic mass is 79.9. The van der Waals surface area contributed by atoms with Gasteiger partial charge in [0.25, 0.3) is 11.8 Å². The molecule has 1 N–H and O–H groups in total. The summed E-state index contributed by atoms with van der Waals surface area (Å²) in [6, 6.07) is 12.5. The molecule has 1 fully saturated rings. The van der Waals surface area contributed by atoms with Crippen LogP contribution in [0, 0.1) is 5.92 Å². The maximum atomic E-state index is 12.9. The molecule has 2 aromatic carbocycles. The van der Waals surface area contributed by atoms with E-state index in [4.69, 9.17) is 4.74 Å². The number of amides is 2. The Morgan fingerprint density at radius 1 is 1.14 bits per heavy atom. The predicted molar refractivity (Wildman–Crippen MR) is 119 cm³/mol. The average molecular weight is 459 g/mol. The second-order valence-electron chi connectivity index (χ2n) is 7.82. The van der Waals surface area contributed by atoms with E-state index in [1.807, 2.05) is 24.8 Å². The van der Waals surface area contributed by atoms with Crippen LogP contribution in [0.4, 0.5) is 5.69 Å². The molecule has 3 rings (SSSR count). The predicted octanol–water partition coefficient (Wildman–Crippen LogP) is 5.36. The van der Waals surface area contributed by atoms with Gasteiger partial charge in [0.15, 0.2) is 0 Å². The molecule has 1 aliphatic heterocycles. The van der Waals surface area contributed by atoms with Crippen LogP contribution in [0.3, 0.4) is 0 Å². The zero-order valence-corrected chi connectivity index (χ0v) is 18.7. The monoisotopic (exact) mass is 458 g/mol. The second-order valence-corrected chi connectivity index (χ2v) is 8.73. The Morgan fingerprint density at radius 2 is 1.86 bits per heavy atom. The number of rotatable bonds is 5. The number of hydrogen-bond acceptors (Lipinski definition) is 3. The van der Waals surface area contributed by atoms with Gasteiger partial charge in [0.05, 0.1) is 11.7 Å². The van der Waals surface area contributed by atoms with Gasteiger partial charge in [0.2, 0.25) is 0 Å². The Hall–Kier alpha value is -2.34. The zero-order valence-electron chi connectivity index (χ0n) is 17.1. The molecule has 1 heterocycles. The van der Waals surface area contributed by atoms with Crippen molar-refractivity contribution in [3.05, 3.63) is 58.1 Å². The third-order valence-electron chi connectivity index (χ3n) is 4.99. The summed E-state index contributed by atoms with van der Waals surface area (Å²) in [6.07, 6.45) is 2.02. The van der Waals surface area contributed by atoms with Gasteiger partial charge < -0.3 is 15.0 Å². The first kappa shape index (κ1) is 21.4. The minimum atomic E-state index is -0.279. The molecule has 0 unspecified atom stereocenters. The number of anilines is 1. The lowest BCUT2D eigenvalue weighted by atomic mass is 9.98. The van der Waals surface area contributed by atoms with Crippen LogP contribution in [-0.4, -0.2) is 35.9 Å². The topological polar surface area (TPSA) is 58.6 Å². The van der Waals surface area contributed by atoms with Gasteiger partial charge in [0, 0.05) is 28.8 Å². The Balaban J connectivity index is 1.76. The van der Waals surface area contributed by atoms with Crippen LogP contribution in [0.5, 0.6) is 5.75 Å². The number of ether oxygens (including phenoxy) is 1. The third kappa shape index (κ3) is 5.60. The Kier molecular flexibility index (Phi) is 6.96. The van der Waals surface area contributed by atoms with E-state index in [0.29, 0.717) is 28.5 Å². The number of hydrogen-bond donors (Lipinski definition) is 1. The molecule has 0 aliphatic carbocycles. The lowest BCUT2D eigenvalue weighted by Gasteiger charge is -2.30. The first-order valence-corrected chi connectivity index (χ1v) is 10.8. The van der Waals surface area contributed by atoms with Crippen LogP contribution < -0.4 is 10.1 Å². The lowest BCUT2D eigenvalue weighted by molar-refractivity contribution is 0.0697. The number of nitrogens with zero attached hydrogens (tertiary/aromatic N) is 1. The molecule has 154 valence electrons. The van der Waals surface area contributed by atoms with E-state index in [1.54, 1.807) is 36.4 Å². The van der Waals surface area contributed by atoms with Gasteiger partial charge >= 0.3 is 0 Å². The third-order valence-corrected chi connectivity index (χ3v) is 5.48. The van der Waals surface area contributed by atoms with Gasteiger partial charge in [-0.3, -0.25) is 9.59 Å². The lowest BCUT2D eigenvalue weighted by Crippen LogP contribution is -2.37. The van der Waals surface area contributed by atoms with Gasteiger partial charge in [-0.2, -0.15) is 0 Å². The number of likely N-dealkylation sites (tertiary alicyclic amines) is 1. The standard InChI is InChI=1S/C23H27BrN2O3/c1-15(2)29-21-8-7-18(24)14-20(21)22(27)25-19-6-4-5-17(13-19)23(28)26-11-9-16(3)10-12-26/h4-8,13-16H,9-12H2,1-3H3,(H,25,27). The number of carbonyl (C=O) groups is 2. The Morgan fingerprint density at radius 3 is 2.55 bits per heavy atom. The number of nitrogens with one attached hydrogen (secondary N) is 1. The first-order valence-electron chi connectivity index (χ1n) is 10.0. The molecule has 5 nitrogen and oxygen atoms in total. The van der Waals surface area contributed by atoms with Crippen LogP contribution >= 0.6 is 15.9 Å². The summed E-state index contributed by atoms with van der Waals surface area (Å²) in [5.41, 5.74) is 1.61. The molecule has 1 aliphatic rings. The van der Waals surface area contributed by atoms with Crippen molar-refractivity contribution in [3.8, 4) is 5.75 Å². The van der Waals surface area contributed by atoms with Crippen molar-refractivity contribution in [1.82, 2.24) is 4.90 Å². The van der Waals surface area contributed by atoms with E-state index in [1.165, 1.54) is 0 Å². The highest BCUT2D eigenvalue weighted by Crippen LogP contribution is 2.26. The van der Waals surface area contributed by atoms with Crippen molar-refractivity contribution in [1.29, 1.82) is 0 Å². The molecule has 29 heavy (non-hydrogen) atoms. The van der Waals surface area contributed by atoms with E-state index < -0.39 is 0 Å². The van der Waals surface area contributed by atoms with Crippen LogP contribution in [0.25, 0.3) is 0 Å². The highest BCUT2D eigenvalue weighted by molar-refractivity contribution is 9.10. The van der Waals surface area contributed by atoms with E-state index in [-0.39, 0.29) is 17.9 Å². The number of piperidine rings is 1. The molecule has 6 heteroatoms. The van der Waals surface area contributed by atoms with Gasteiger partial charge in [0.1, 0.15) is 5.75 Å². The molecule has 0 bridgehead atoms. The molecular weight excluding hydrogens is 432 g/mol. The molecule has 1 saturated heterocycles. The summed E-state index contributed by atoms with van der Waals surface area (Å²) in [6.45, 7) is 7.62. The summed E-state index contributed by atoms with van der Waals surface area (Å²) >= 11 is 3.41. The SMILES string of the molecule is CC1CCN(C(=O)c2cccc(NC(=O)c3cc(Br)ccc3OC(C)C)c2)CC1. The minimum Gasteiger partial charge on any atom is -0.490 e. The molecule has 0 saturated carbocycles. The molecule has 0 spiro atoms.